The summed E-state index contributed by atoms with van der Waals surface area (Å²) in [4.78, 5) is 25.9. The van der Waals surface area contributed by atoms with Gasteiger partial charge in [-0.2, -0.15) is 11.3 Å². The molecule has 25 heavy (non-hydrogen) atoms. The number of hydrogen-bond donors (Lipinski definition) is 0. The van der Waals surface area contributed by atoms with E-state index in [4.69, 9.17) is 9.15 Å². The lowest BCUT2D eigenvalue weighted by atomic mass is 10.2. The molecule has 1 atom stereocenters. The maximum absolute atomic E-state index is 12.6. The molecular weight excluding hydrogens is 366 g/mol. The summed E-state index contributed by atoms with van der Waals surface area (Å²) in [5.74, 6) is -0.512. The molecule has 0 unspecified atom stereocenters. The van der Waals surface area contributed by atoms with Gasteiger partial charge < -0.3 is 14.1 Å². The summed E-state index contributed by atoms with van der Waals surface area (Å²) in [5, 5.41) is 3.38. The standard InChI is InChI=1S/C16H17NO6S2/c18-15(9-23-16(19)12-3-6-24-10-12)17(8-14-2-1-5-22-14)13-4-7-25(20,21)11-13/h1-3,5-6,10,13H,4,7-9,11H2/t13-/m0/s1. The van der Waals surface area contributed by atoms with Crippen molar-refractivity contribution in [2.75, 3.05) is 18.1 Å². The number of carbonyl (C=O) groups is 2. The summed E-state index contributed by atoms with van der Waals surface area (Å²) in [5.41, 5.74) is 0.388. The van der Waals surface area contributed by atoms with Gasteiger partial charge in [0, 0.05) is 11.4 Å². The van der Waals surface area contributed by atoms with Crippen molar-refractivity contribution in [2.24, 2.45) is 0 Å². The lowest BCUT2D eigenvalue weighted by Crippen LogP contribution is -2.42. The summed E-state index contributed by atoms with van der Waals surface area (Å²) < 4.78 is 33.8. The van der Waals surface area contributed by atoms with E-state index in [9.17, 15) is 18.0 Å². The average Bonchev–Trinajstić information content (AvgIpc) is 3.31. The van der Waals surface area contributed by atoms with Crippen LogP contribution in [0.4, 0.5) is 0 Å². The Morgan fingerprint density at radius 2 is 2.20 bits per heavy atom. The van der Waals surface area contributed by atoms with Crippen molar-refractivity contribution in [3.05, 3.63) is 46.5 Å². The number of esters is 1. The normalized spacial score (nSPS) is 18.8. The average molecular weight is 383 g/mol. The molecule has 1 saturated heterocycles. The van der Waals surface area contributed by atoms with E-state index in [-0.39, 0.29) is 18.1 Å². The van der Waals surface area contributed by atoms with Crippen LogP contribution < -0.4 is 0 Å². The first-order valence-corrected chi connectivity index (χ1v) is 10.4. The second-order valence-electron chi connectivity index (χ2n) is 5.75. The number of furan rings is 1. The first kappa shape index (κ1) is 17.7. The SMILES string of the molecule is O=C(OCC(=O)N(Cc1ccco1)[C@H]1CCS(=O)(=O)C1)c1ccsc1. The van der Waals surface area contributed by atoms with Gasteiger partial charge in [-0.05, 0) is 30.0 Å². The zero-order valence-electron chi connectivity index (χ0n) is 13.3. The van der Waals surface area contributed by atoms with Crippen LogP contribution in [0.1, 0.15) is 22.5 Å². The fraction of sp³-hybridized carbons (Fsp3) is 0.375. The van der Waals surface area contributed by atoms with Crippen LogP contribution in [0.5, 0.6) is 0 Å². The highest BCUT2D eigenvalue weighted by molar-refractivity contribution is 7.91. The smallest absolute Gasteiger partial charge is 0.339 e. The summed E-state index contributed by atoms with van der Waals surface area (Å²) in [6, 6.07) is 4.57. The predicted octanol–water partition coefficient (Wildman–Crippen LogP) is 1.71. The minimum Gasteiger partial charge on any atom is -0.467 e. The number of hydrogen-bond acceptors (Lipinski definition) is 7. The van der Waals surface area contributed by atoms with Crippen molar-refractivity contribution in [1.82, 2.24) is 4.90 Å². The van der Waals surface area contributed by atoms with E-state index >= 15 is 0 Å². The molecule has 0 bridgehead atoms. The Morgan fingerprint density at radius 1 is 1.36 bits per heavy atom. The van der Waals surface area contributed by atoms with Gasteiger partial charge in [0.1, 0.15) is 5.76 Å². The molecule has 3 rings (SSSR count). The van der Waals surface area contributed by atoms with Crippen molar-refractivity contribution in [3.8, 4) is 0 Å². The van der Waals surface area contributed by atoms with Gasteiger partial charge in [0.25, 0.3) is 5.91 Å². The van der Waals surface area contributed by atoms with E-state index in [1.165, 1.54) is 22.5 Å². The molecule has 7 nitrogen and oxygen atoms in total. The topological polar surface area (TPSA) is 93.9 Å². The number of sulfone groups is 1. The van der Waals surface area contributed by atoms with Gasteiger partial charge in [0.05, 0.1) is 29.9 Å². The first-order chi connectivity index (χ1) is 11.9. The Hall–Kier alpha value is -2.13. The third kappa shape index (κ3) is 4.49. The summed E-state index contributed by atoms with van der Waals surface area (Å²) >= 11 is 1.36. The quantitative estimate of drug-likeness (QED) is 0.705. The van der Waals surface area contributed by atoms with Gasteiger partial charge in [-0.3, -0.25) is 4.79 Å². The van der Waals surface area contributed by atoms with Crippen LogP contribution in [-0.4, -0.2) is 49.3 Å². The zero-order valence-corrected chi connectivity index (χ0v) is 14.9. The fourth-order valence-corrected chi connectivity index (χ4v) is 5.04. The molecule has 1 amide bonds. The minimum atomic E-state index is -3.15. The van der Waals surface area contributed by atoms with E-state index in [0.717, 1.165) is 0 Å². The van der Waals surface area contributed by atoms with Crippen LogP contribution in [0.2, 0.25) is 0 Å². The maximum Gasteiger partial charge on any atom is 0.339 e. The molecule has 1 aliphatic heterocycles. The lowest BCUT2D eigenvalue weighted by Gasteiger charge is -2.27. The van der Waals surface area contributed by atoms with Crippen molar-refractivity contribution in [1.29, 1.82) is 0 Å². The molecule has 0 radical (unpaired) electrons. The van der Waals surface area contributed by atoms with Crippen molar-refractivity contribution in [2.45, 2.75) is 19.0 Å². The number of rotatable bonds is 6. The van der Waals surface area contributed by atoms with Crippen LogP contribution in [0.3, 0.4) is 0 Å². The Bertz CT molecular complexity index is 826. The van der Waals surface area contributed by atoms with Gasteiger partial charge in [-0.25, -0.2) is 13.2 Å². The first-order valence-electron chi connectivity index (χ1n) is 7.66. The largest absolute Gasteiger partial charge is 0.467 e. The molecule has 0 aromatic carbocycles. The van der Waals surface area contributed by atoms with Gasteiger partial charge in [0.15, 0.2) is 16.4 Å². The highest BCUT2D eigenvalue weighted by Crippen LogP contribution is 2.21. The molecule has 0 aliphatic carbocycles. The molecule has 0 N–H and O–H groups in total. The maximum atomic E-state index is 12.6. The van der Waals surface area contributed by atoms with Gasteiger partial charge in [0.2, 0.25) is 0 Å². The van der Waals surface area contributed by atoms with Gasteiger partial charge in [-0.1, -0.05) is 0 Å². The van der Waals surface area contributed by atoms with E-state index in [0.29, 0.717) is 17.7 Å². The monoisotopic (exact) mass is 383 g/mol. The molecule has 2 aromatic heterocycles. The van der Waals surface area contributed by atoms with Gasteiger partial charge >= 0.3 is 5.97 Å². The van der Waals surface area contributed by atoms with Crippen LogP contribution in [0.15, 0.2) is 39.6 Å². The number of amides is 1. The predicted molar refractivity (Wildman–Crippen MR) is 90.9 cm³/mol. The zero-order chi connectivity index (χ0) is 17.9. The highest BCUT2D eigenvalue weighted by atomic mass is 32.2. The summed E-state index contributed by atoms with van der Waals surface area (Å²) in [7, 11) is -3.15. The summed E-state index contributed by atoms with van der Waals surface area (Å²) in [6.45, 7) is -0.298. The van der Waals surface area contributed by atoms with E-state index in [1.807, 2.05) is 0 Å². The van der Waals surface area contributed by atoms with Crippen LogP contribution in [-0.2, 0) is 25.9 Å². The molecular formula is C16H17NO6S2. The third-order valence-corrected chi connectivity index (χ3v) is 6.39. The molecule has 0 spiro atoms. The Morgan fingerprint density at radius 3 is 2.80 bits per heavy atom. The molecule has 1 aliphatic rings. The van der Waals surface area contributed by atoms with Crippen LogP contribution in [0.25, 0.3) is 0 Å². The third-order valence-electron chi connectivity index (χ3n) is 3.96. The Labute approximate surface area is 149 Å². The molecule has 0 saturated carbocycles. The highest BCUT2D eigenvalue weighted by Gasteiger charge is 2.35. The molecule has 3 heterocycles. The summed E-state index contributed by atoms with van der Waals surface area (Å²) in [6.07, 6.45) is 1.85. The number of thiophene rings is 1. The number of carbonyl (C=O) groups excluding carboxylic acids is 2. The molecule has 9 heteroatoms. The van der Waals surface area contributed by atoms with Gasteiger partial charge in [-0.15, -0.1) is 0 Å². The Kier molecular flexibility index (Phi) is 5.24. The minimum absolute atomic E-state index is 0.0499. The molecule has 134 valence electrons. The van der Waals surface area contributed by atoms with Crippen LogP contribution >= 0.6 is 11.3 Å². The van der Waals surface area contributed by atoms with Crippen LogP contribution in [0, 0.1) is 0 Å². The lowest BCUT2D eigenvalue weighted by molar-refractivity contribution is -0.137. The fourth-order valence-electron chi connectivity index (χ4n) is 2.69. The second-order valence-corrected chi connectivity index (χ2v) is 8.75. The second kappa shape index (κ2) is 7.40. The van der Waals surface area contributed by atoms with Crippen molar-refractivity contribution < 1.29 is 27.2 Å². The van der Waals surface area contributed by atoms with Crippen molar-refractivity contribution >= 4 is 33.1 Å². The van der Waals surface area contributed by atoms with E-state index in [2.05, 4.69) is 0 Å². The van der Waals surface area contributed by atoms with E-state index < -0.39 is 34.4 Å². The number of nitrogens with zero attached hydrogens (tertiary/aromatic N) is 1. The molecule has 1 fully saturated rings. The Balaban J connectivity index is 1.67. The molecule has 2 aromatic rings. The van der Waals surface area contributed by atoms with E-state index in [1.54, 1.807) is 29.0 Å². The van der Waals surface area contributed by atoms with Crippen molar-refractivity contribution in [3.63, 3.8) is 0 Å². The number of ether oxygens (including phenoxy) is 1.